The summed E-state index contributed by atoms with van der Waals surface area (Å²) in [5.74, 6) is 3.07. The van der Waals surface area contributed by atoms with Crippen LogP contribution in [0, 0.1) is 23.7 Å². The zero-order valence-corrected chi connectivity index (χ0v) is 32.8. The summed E-state index contributed by atoms with van der Waals surface area (Å²) in [6, 6.07) is 0. The van der Waals surface area contributed by atoms with Crippen molar-refractivity contribution in [3.63, 3.8) is 0 Å². The van der Waals surface area contributed by atoms with Crippen molar-refractivity contribution in [1.29, 1.82) is 0 Å². The molecule has 0 aliphatic rings. The van der Waals surface area contributed by atoms with E-state index in [1.807, 2.05) is 0 Å². The molecule has 0 aromatic heterocycles. The summed E-state index contributed by atoms with van der Waals surface area (Å²) in [5, 5.41) is 0. The molecule has 0 heterocycles. The van der Waals surface area contributed by atoms with E-state index in [-0.39, 0.29) is 27.3 Å². The molecule has 2 nitrogen and oxygen atoms in total. The molecule has 2 N–H and O–H groups in total. The maximum Gasteiger partial charge on any atom is 0.0256 e. The molecule has 0 aromatic carbocycles. The van der Waals surface area contributed by atoms with Crippen molar-refractivity contribution in [2.45, 2.75) is 158 Å². The Balaban J connectivity index is -0.000000608. The minimum Gasteiger partial charge on any atom is -0.374 e. The van der Waals surface area contributed by atoms with Crippen LogP contribution in [0.2, 0.25) is 0 Å². The normalized spacial score (nSPS) is 16.1. The summed E-state index contributed by atoms with van der Waals surface area (Å²) >= 11 is 0. The van der Waals surface area contributed by atoms with E-state index in [2.05, 4.69) is 55.4 Å². The van der Waals surface area contributed by atoms with Gasteiger partial charge in [-0.1, -0.05) is 158 Å². The molecule has 0 aliphatic carbocycles. The Hall–Kier alpha value is 1.70. The maximum absolute atomic E-state index is 10.3. The fourth-order valence-electron chi connectivity index (χ4n) is 5.01. The Bertz CT molecular complexity index is 354. The molecule has 0 bridgehead atoms. The molecular weight excluding hydrogens is 591 g/mol. The molecule has 0 saturated carbocycles. The first-order valence-electron chi connectivity index (χ1n) is 16.2. The Morgan fingerprint density at radius 1 is 0.405 bits per heavy atom. The summed E-state index contributed by atoms with van der Waals surface area (Å²) in [6.07, 6.45) is 25.1. The van der Waals surface area contributed by atoms with Gasteiger partial charge in [0.1, 0.15) is 0 Å². The third-order valence-corrected chi connectivity index (χ3v) is 11.8. The van der Waals surface area contributed by atoms with Gasteiger partial charge in [0, 0.05) is 43.6 Å². The Morgan fingerprint density at radius 2 is 0.595 bits per heavy atom. The molecule has 0 spiro atoms. The summed E-state index contributed by atoms with van der Waals surface area (Å²) in [6.45, 7) is 18.1. The van der Waals surface area contributed by atoms with Crippen molar-refractivity contribution < 1.29 is 37.1 Å². The monoisotopic (exact) mass is 662 g/mol. The maximum atomic E-state index is 10.3. The molecule has 0 radical (unpaired) electrons. The van der Waals surface area contributed by atoms with Gasteiger partial charge in [-0.25, -0.2) is 0 Å². The van der Waals surface area contributed by atoms with E-state index in [4.69, 9.17) is 0 Å². The second kappa shape index (κ2) is 32.2. The fraction of sp³-hybridized carbons (Fsp3) is 1.00. The Morgan fingerprint density at radius 3 is 0.730 bits per heavy atom. The first-order valence-corrected chi connectivity index (χ1v) is 19.6. The quantitative estimate of drug-likeness (QED) is 0.0799. The van der Waals surface area contributed by atoms with Crippen LogP contribution in [-0.4, -0.2) is 34.4 Å². The second-order valence-electron chi connectivity index (χ2n) is 11.4. The molecule has 37 heavy (non-hydrogen) atoms. The van der Waals surface area contributed by atoms with Gasteiger partial charge in [-0.15, -0.1) is 0 Å². The molecule has 4 atom stereocenters. The minimum absolute atomic E-state index is 0. The van der Waals surface area contributed by atoms with E-state index in [0.717, 1.165) is 48.3 Å². The van der Waals surface area contributed by atoms with Crippen molar-refractivity contribution in [3.8, 4) is 0 Å². The van der Waals surface area contributed by atoms with Crippen molar-refractivity contribution >= 4 is 16.3 Å². The Kier molecular flexibility index (Phi) is 37.6. The van der Waals surface area contributed by atoms with Crippen LogP contribution in [-0.2, 0) is 27.3 Å². The zero-order valence-electron chi connectivity index (χ0n) is 26.9. The van der Waals surface area contributed by atoms with Gasteiger partial charge < -0.3 is 9.79 Å². The summed E-state index contributed by atoms with van der Waals surface area (Å²) in [7, 11) is -1.41. The number of unbranched alkanes of at least 4 members (excludes halogenated alkanes) is 4. The number of rotatable bonds is 24. The van der Waals surface area contributed by atoms with E-state index in [0.29, 0.717) is 0 Å². The third kappa shape index (κ3) is 27.6. The van der Waals surface area contributed by atoms with Gasteiger partial charge >= 0.3 is 0 Å². The van der Waals surface area contributed by atoms with Gasteiger partial charge in [0.15, 0.2) is 0 Å². The van der Waals surface area contributed by atoms with Crippen molar-refractivity contribution in [2.75, 3.05) is 24.6 Å². The second-order valence-corrected chi connectivity index (χ2v) is 14.9. The average molecular weight is 661 g/mol. The largest absolute Gasteiger partial charge is 0.374 e. The molecule has 0 aromatic rings. The van der Waals surface area contributed by atoms with Gasteiger partial charge in [0.25, 0.3) is 0 Å². The minimum atomic E-state index is -0.704. The standard InChI is InChI=1S/2C16H35OP.Cd/c2*1-5-9-11-15(7-3)13-18(17)14-16(8-4)12-10-6-2;/h2*15-17H,5-14H2,1-4H3;. The molecule has 0 amide bonds. The van der Waals surface area contributed by atoms with Crippen molar-refractivity contribution in [1.82, 2.24) is 0 Å². The van der Waals surface area contributed by atoms with Gasteiger partial charge in [0.05, 0.1) is 0 Å². The van der Waals surface area contributed by atoms with E-state index in [9.17, 15) is 9.79 Å². The molecule has 222 valence electrons. The van der Waals surface area contributed by atoms with Gasteiger partial charge in [-0.05, 0) is 48.3 Å². The molecular formula is C32H70CdO2P2. The SMILES string of the molecule is CCCCC(CC)CP(O)CC(CC)CCCC.CCCCC(CC)CP(O)CC(CC)CCCC.[Cd]. The molecule has 4 unspecified atom stereocenters. The van der Waals surface area contributed by atoms with Crippen LogP contribution >= 0.6 is 16.3 Å². The van der Waals surface area contributed by atoms with Crippen LogP contribution in [0.4, 0.5) is 0 Å². The van der Waals surface area contributed by atoms with E-state index >= 15 is 0 Å². The van der Waals surface area contributed by atoms with Crippen molar-refractivity contribution in [3.05, 3.63) is 0 Å². The molecule has 0 aliphatic heterocycles. The molecule has 0 rings (SSSR count). The van der Waals surface area contributed by atoms with Crippen LogP contribution < -0.4 is 0 Å². The van der Waals surface area contributed by atoms with E-state index < -0.39 is 16.3 Å². The first-order chi connectivity index (χ1) is 17.3. The van der Waals surface area contributed by atoms with Crippen molar-refractivity contribution in [2.24, 2.45) is 23.7 Å². The topological polar surface area (TPSA) is 40.5 Å². The average Bonchev–Trinajstić information content (AvgIpc) is 2.89. The van der Waals surface area contributed by atoms with E-state index in [1.54, 1.807) is 0 Å². The van der Waals surface area contributed by atoms with Crippen LogP contribution in [0.25, 0.3) is 0 Å². The Labute approximate surface area is 258 Å². The first kappa shape index (κ1) is 43.2. The fourth-order valence-corrected chi connectivity index (χ4v) is 9.46. The van der Waals surface area contributed by atoms with Gasteiger partial charge in [0.2, 0.25) is 0 Å². The third-order valence-electron chi connectivity index (χ3n) is 8.05. The zero-order chi connectivity index (χ0) is 27.6. The van der Waals surface area contributed by atoms with Crippen LogP contribution in [0.15, 0.2) is 0 Å². The number of hydrogen-bond acceptors (Lipinski definition) is 2. The van der Waals surface area contributed by atoms with E-state index in [1.165, 1.54) is 103 Å². The summed E-state index contributed by atoms with van der Waals surface area (Å²) < 4.78 is 0. The van der Waals surface area contributed by atoms with Gasteiger partial charge in [-0.2, -0.15) is 0 Å². The molecule has 5 heteroatoms. The van der Waals surface area contributed by atoms with Crippen LogP contribution in [0.3, 0.4) is 0 Å². The smallest absolute Gasteiger partial charge is 0.0256 e. The van der Waals surface area contributed by atoms with Crippen LogP contribution in [0.5, 0.6) is 0 Å². The summed E-state index contributed by atoms with van der Waals surface area (Å²) in [4.78, 5) is 20.6. The predicted molar refractivity (Wildman–Crippen MR) is 171 cm³/mol. The van der Waals surface area contributed by atoms with Crippen LogP contribution in [0.1, 0.15) is 158 Å². The molecule has 0 saturated heterocycles. The predicted octanol–water partition coefficient (Wildman–Crippen LogP) is 11.6. The number of hydrogen-bond donors (Lipinski definition) is 2. The summed E-state index contributed by atoms with van der Waals surface area (Å²) in [5.41, 5.74) is 0. The molecule has 0 fully saturated rings. The van der Waals surface area contributed by atoms with Gasteiger partial charge in [-0.3, -0.25) is 0 Å².